The fourth-order valence-corrected chi connectivity index (χ4v) is 1.86. The molecule has 1 amide bonds. The van der Waals surface area contributed by atoms with Gasteiger partial charge in [-0.05, 0) is 37.5 Å². The molecule has 1 heterocycles. The van der Waals surface area contributed by atoms with Crippen molar-refractivity contribution in [3.05, 3.63) is 29.3 Å². The number of benzene rings is 1. The van der Waals surface area contributed by atoms with Crippen molar-refractivity contribution in [2.75, 3.05) is 13.2 Å². The van der Waals surface area contributed by atoms with Crippen LogP contribution in [0, 0.1) is 6.92 Å². The first-order chi connectivity index (χ1) is 8.16. The van der Waals surface area contributed by atoms with Crippen molar-refractivity contribution in [3.63, 3.8) is 0 Å². The molecule has 1 aliphatic heterocycles. The molecule has 0 saturated carbocycles. The van der Waals surface area contributed by atoms with Crippen molar-refractivity contribution in [3.8, 4) is 5.75 Å². The number of carbonyl (C=O) groups excluding carboxylic acids is 1. The molecule has 17 heavy (non-hydrogen) atoms. The SMILES string of the molecule is Cc1ccc(C(=O)NC2CCOCC2)cc1O. The quantitative estimate of drug-likeness (QED) is 0.818. The van der Waals surface area contributed by atoms with Gasteiger partial charge in [-0.2, -0.15) is 0 Å². The van der Waals surface area contributed by atoms with E-state index in [2.05, 4.69) is 5.32 Å². The van der Waals surface area contributed by atoms with Gasteiger partial charge in [0.15, 0.2) is 0 Å². The highest BCUT2D eigenvalue weighted by Crippen LogP contribution is 2.17. The number of nitrogens with one attached hydrogen (secondary N) is 1. The molecule has 1 aromatic carbocycles. The summed E-state index contributed by atoms with van der Waals surface area (Å²) in [4.78, 5) is 11.9. The van der Waals surface area contributed by atoms with Crippen molar-refractivity contribution in [1.29, 1.82) is 0 Å². The van der Waals surface area contributed by atoms with E-state index in [-0.39, 0.29) is 17.7 Å². The molecule has 0 atom stereocenters. The second-order valence-electron chi connectivity index (χ2n) is 4.36. The molecule has 0 radical (unpaired) electrons. The molecule has 1 aliphatic rings. The number of aryl methyl sites for hydroxylation is 1. The van der Waals surface area contributed by atoms with Gasteiger partial charge in [0.2, 0.25) is 0 Å². The Kier molecular flexibility index (Phi) is 3.64. The van der Waals surface area contributed by atoms with Crippen molar-refractivity contribution < 1.29 is 14.6 Å². The number of ether oxygens (including phenoxy) is 1. The van der Waals surface area contributed by atoms with Crippen LogP contribution in [0.1, 0.15) is 28.8 Å². The van der Waals surface area contributed by atoms with Gasteiger partial charge in [-0.15, -0.1) is 0 Å². The summed E-state index contributed by atoms with van der Waals surface area (Å²) in [5.74, 6) is 0.0248. The molecule has 4 nitrogen and oxygen atoms in total. The second kappa shape index (κ2) is 5.19. The van der Waals surface area contributed by atoms with Crippen molar-refractivity contribution >= 4 is 5.91 Å². The van der Waals surface area contributed by atoms with Crippen LogP contribution in [0.2, 0.25) is 0 Å². The van der Waals surface area contributed by atoms with Crippen molar-refractivity contribution in [2.24, 2.45) is 0 Å². The van der Waals surface area contributed by atoms with E-state index in [1.165, 1.54) is 6.07 Å². The number of hydrogen-bond donors (Lipinski definition) is 2. The predicted molar refractivity (Wildman–Crippen MR) is 64.2 cm³/mol. The molecule has 2 rings (SSSR count). The summed E-state index contributed by atoms with van der Waals surface area (Å²) < 4.78 is 5.23. The lowest BCUT2D eigenvalue weighted by Crippen LogP contribution is -2.38. The lowest BCUT2D eigenvalue weighted by atomic mass is 10.1. The zero-order valence-electron chi connectivity index (χ0n) is 9.90. The van der Waals surface area contributed by atoms with Crippen LogP contribution in [0.25, 0.3) is 0 Å². The van der Waals surface area contributed by atoms with Crippen LogP contribution in [0.4, 0.5) is 0 Å². The van der Waals surface area contributed by atoms with Gasteiger partial charge in [0.25, 0.3) is 5.91 Å². The van der Waals surface area contributed by atoms with Gasteiger partial charge in [0, 0.05) is 24.8 Å². The molecule has 1 saturated heterocycles. The van der Waals surface area contributed by atoms with E-state index in [0.29, 0.717) is 18.8 Å². The van der Waals surface area contributed by atoms with Crippen LogP contribution in [-0.2, 0) is 4.74 Å². The molecule has 0 aliphatic carbocycles. The molecule has 2 N–H and O–H groups in total. The summed E-state index contributed by atoms with van der Waals surface area (Å²) >= 11 is 0. The third-order valence-corrected chi connectivity index (χ3v) is 3.03. The lowest BCUT2D eigenvalue weighted by Gasteiger charge is -2.23. The number of amides is 1. The van der Waals surface area contributed by atoms with Gasteiger partial charge in [-0.3, -0.25) is 4.79 Å². The minimum absolute atomic E-state index is 0.132. The molecular weight excluding hydrogens is 218 g/mol. The summed E-state index contributed by atoms with van der Waals surface area (Å²) in [5, 5.41) is 12.5. The van der Waals surface area contributed by atoms with E-state index in [1.807, 2.05) is 0 Å². The summed E-state index contributed by atoms with van der Waals surface area (Å²) in [6, 6.07) is 5.15. The molecule has 1 aromatic rings. The van der Waals surface area contributed by atoms with Crippen molar-refractivity contribution in [1.82, 2.24) is 5.32 Å². The first kappa shape index (κ1) is 11.9. The normalized spacial score (nSPS) is 16.8. The minimum Gasteiger partial charge on any atom is -0.508 e. The fourth-order valence-electron chi connectivity index (χ4n) is 1.86. The Bertz CT molecular complexity index is 411. The number of rotatable bonds is 2. The molecule has 1 fully saturated rings. The largest absolute Gasteiger partial charge is 0.508 e. The molecule has 0 bridgehead atoms. The van der Waals surface area contributed by atoms with E-state index >= 15 is 0 Å². The molecule has 4 heteroatoms. The Morgan fingerprint density at radius 1 is 1.41 bits per heavy atom. The zero-order valence-corrected chi connectivity index (χ0v) is 9.90. The van der Waals surface area contributed by atoms with Gasteiger partial charge >= 0.3 is 0 Å². The summed E-state index contributed by atoms with van der Waals surface area (Å²) in [5.41, 5.74) is 1.27. The van der Waals surface area contributed by atoms with Crippen LogP contribution in [0.3, 0.4) is 0 Å². The smallest absolute Gasteiger partial charge is 0.251 e. The maximum absolute atomic E-state index is 11.9. The number of aromatic hydroxyl groups is 1. The van der Waals surface area contributed by atoms with Gasteiger partial charge < -0.3 is 15.2 Å². The average Bonchev–Trinajstić information content (AvgIpc) is 2.34. The highest BCUT2D eigenvalue weighted by atomic mass is 16.5. The van der Waals surface area contributed by atoms with E-state index in [4.69, 9.17) is 4.74 Å². The number of carbonyl (C=O) groups is 1. The number of phenols is 1. The van der Waals surface area contributed by atoms with Gasteiger partial charge in [0.1, 0.15) is 5.75 Å². The van der Waals surface area contributed by atoms with Gasteiger partial charge in [0.05, 0.1) is 0 Å². The minimum atomic E-state index is -0.132. The van der Waals surface area contributed by atoms with Gasteiger partial charge in [-0.25, -0.2) is 0 Å². The first-order valence-electron chi connectivity index (χ1n) is 5.85. The highest BCUT2D eigenvalue weighted by Gasteiger charge is 2.17. The lowest BCUT2D eigenvalue weighted by molar-refractivity contribution is 0.0696. The topological polar surface area (TPSA) is 58.6 Å². The second-order valence-corrected chi connectivity index (χ2v) is 4.36. The van der Waals surface area contributed by atoms with Crippen LogP contribution in [-0.4, -0.2) is 30.3 Å². The van der Waals surface area contributed by atoms with E-state index in [1.54, 1.807) is 19.1 Å². The number of phenolic OH excluding ortho intramolecular Hbond substituents is 1. The monoisotopic (exact) mass is 235 g/mol. The number of hydrogen-bond acceptors (Lipinski definition) is 3. The Labute approximate surface area is 101 Å². The van der Waals surface area contributed by atoms with Crippen LogP contribution in [0.5, 0.6) is 5.75 Å². The molecule has 0 aromatic heterocycles. The van der Waals surface area contributed by atoms with Crippen LogP contribution < -0.4 is 5.32 Å². The van der Waals surface area contributed by atoms with Crippen molar-refractivity contribution in [2.45, 2.75) is 25.8 Å². The van der Waals surface area contributed by atoms with Gasteiger partial charge in [-0.1, -0.05) is 6.07 Å². The third-order valence-electron chi connectivity index (χ3n) is 3.03. The molecular formula is C13H17NO3. The average molecular weight is 235 g/mol. The predicted octanol–water partition coefficient (Wildman–Crippen LogP) is 1.61. The Morgan fingerprint density at radius 3 is 2.76 bits per heavy atom. The fraction of sp³-hybridized carbons (Fsp3) is 0.462. The van der Waals surface area contributed by atoms with E-state index in [9.17, 15) is 9.90 Å². The maximum Gasteiger partial charge on any atom is 0.251 e. The summed E-state index contributed by atoms with van der Waals surface area (Å²) in [7, 11) is 0. The summed E-state index contributed by atoms with van der Waals surface area (Å²) in [6.45, 7) is 3.20. The Balaban J connectivity index is 2.01. The first-order valence-corrected chi connectivity index (χ1v) is 5.85. The molecule has 0 unspecified atom stereocenters. The van der Waals surface area contributed by atoms with E-state index in [0.717, 1.165) is 18.4 Å². The molecule has 92 valence electrons. The standard InChI is InChI=1S/C13H17NO3/c1-9-2-3-10(8-12(9)15)13(16)14-11-4-6-17-7-5-11/h2-3,8,11,15H,4-7H2,1H3,(H,14,16). The maximum atomic E-state index is 11.9. The molecule has 0 spiro atoms. The summed E-state index contributed by atoms with van der Waals surface area (Å²) in [6.07, 6.45) is 1.70. The van der Waals surface area contributed by atoms with Crippen LogP contribution >= 0.6 is 0 Å². The zero-order chi connectivity index (χ0) is 12.3. The van der Waals surface area contributed by atoms with Crippen LogP contribution in [0.15, 0.2) is 18.2 Å². The van der Waals surface area contributed by atoms with E-state index < -0.39 is 0 Å². The Morgan fingerprint density at radius 2 is 2.12 bits per heavy atom. The highest BCUT2D eigenvalue weighted by molar-refractivity contribution is 5.94. The Hall–Kier alpha value is -1.55. The third kappa shape index (κ3) is 2.97.